The first kappa shape index (κ1) is 10.0. The van der Waals surface area contributed by atoms with Crippen molar-refractivity contribution in [3.05, 3.63) is 29.8 Å². The molecule has 0 amide bonds. The van der Waals surface area contributed by atoms with E-state index in [4.69, 9.17) is 5.11 Å². The number of phenols is 1. The highest BCUT2D eigenvalue weighted by atomic mass is 32.2. The lowest BCUT2D eigenvalue weighted by Crippen LogP contribution is -2.05. The van der Waals surface area contributed by atoms with Crippen LogP contribution in [0, 0.1) is 0 Å². The summed E-state index contributed by atoms with van der Waals surface area (Å²) in [5.41, 5.74) is 0.583. The van der Waals surface area contributed by atoms with Gasteiger partial charge in [0.05, 0.1) is 7.11 Å². The second-order valence-corrected chi connectivity index (χ2v) is 4.27. The molecule has 0 bridgehead atoms. The van der Waals surface area contributed by atoms with E-state index in [1.807, 2.05) is 0 Å². The number of hydrogen-bond acceptors (Lipinski definition) is 4. The minimum absolute atomic E-state index is 0.110. The zero-order chi connectivity index (χ0) is 9.90. The van der Waals surface area contributed by atoms with Gasteiger partial charge >= 0.3 is 0 Å². The Hall–Kier alpha value is -1.07. The molecule has 0 saturated heterocycles. The van der Waals surface area contributed by atoms with Crippen molar-refractivity contribution in [1.29, 1.82) is 0 Å². The van der Waals surface area contributed by atoms with Crippen molar-refractivity contribution in [2.75, 3.05) is 7.11 Å². The van der Waals surface area contributed by atoms with Gasteiger partial charge in [0.15, 0.2) is 0 Å². The maximum atomic E-state index is 11.0. The van der Waals surface area contributed by atoms with Gasteiger partial charge in [-0.3, -0.25) is 4.18 Å². The molecule has 0 atom stereocenters. The van der Waals surface area contributed by atoms with Crippen molar-refractivity contribution in [3.8, 4) is 5.75 Å². The Balaban J connectivity index is 2.82. The molecule has 0 aliphatic carbocycles. The van der Waals surface area contributed by atoms with Gasteiger partial charge < -0.3 is 5.11 Å². The Bertz CT molecular complexity index is 366. The van der Waals surface area contributed by atoms with Gasteiger partial charge in [-0.1, -0.05) is 12.1 Å². The van der Waals surface area contributed by atoms with Crippen molar-refractivity contribution >= 4 is 10.1 Å². The predicted molar refractivity (Wildman–Crippen MR) is 47.7 cm³/mol. The van der Waals surface area contributed by atoms with Crippen LogP contribution in [0.5, 0.6) is 5.75 Å². The van der Waals surface area contributed by atoms with Gasteiger partial charge in [0.1, 0.15) is 11.5 Å². The molecule has 4 nitrogen and oxygen atoms in total. The first-order valence-corrected chi connectivity index (χ1v) is 5.17. The summed E-state index contributed by atoms with van der Waals surface area (Å²) in [5.74, 6) is -0.0670. The zero-order valence-electron chi connectivity index (χ0n) is 7.10. The van der Waals surface area contributed by atoms with Gasteiger partial charge in [-0.25, -0.2) is 0 Å². The molecule has 0 aromatic heterocycles. The van der Waals surface area contributed by atoms with Crippen LogP contribution < -0.4 is 0 Å². The lowest BCUT2D eigenvalue weighted by atomic mass is 10.2. The maximum absolute atomic E-state index is 11.0. The van der Waals surface area contributed by atoms with Crippen LogP contribution >= 0.6 is 0 Å². The molecule has 72 valence electrons. The second-order valence-electron chi connectivity index (χ2n) is 2.54. The van der Waals surface area contributed by atoms with Crippen LogP contribution in [0.4, 0.5) is 0 Å². The highest BCUT2D eigenvalue weighted by Crippen LogP contribution is 2.12. The summed E-state index contributed by atoms with van der Waals surface area (Å²) in [7, 11) is -2.35. The minimum Gasteiger partial charge on any atom is -0.508 e. The molecule has 0 saturated carbocycles. The van der Waals surface area contributed by atoms with Crippen LogP contribution in [0.25, 0.3) is 0 Å². The van der Waals surface area contributed by atoms with Crippen LogP contribution in [0.2, 0.25) is 0 Å². The highest BCUT2D eigenvalue weighted by Gasteiger charge is 2.09. The Labute approximate surface area is 76.9 Å². The smallest absolute Gasteiger partial charge is 0.271 e. The number of hydrogen-bond donors (Lipinski definition) is 1. The topological polar surface area (TPSA) is 63.6 Å². The fraction of sp³-hybridized carbons (Fsp3) is 0.250. The monoisotopic (exact) mass is 202 g/mol. The van der Waals surface area contributed by atoms with Crippen molar-refractivity contribution in [3.63, 3.8) is 0 Å². The zero-order valence-corrected chi connectivity index (χ0v) is 7.91. The third-order valence-electron chi connectivity index (χ3n) is 1.53. The molecule has 1 N–H and O–H groups in total. The summed E-state index contributed by atoms with van der Waals surface area (Å²) in [5, 5.41) is 8.93. The molecule has 0 unspecified atom stereocenters. The molecule has 1 aromatic carbocycles. The Morgan fingerprint density at radius 2 is 1.85 bits per heavy atom. The van der Waals surface area contributed by atoms with Crippen molar-refractivity contribution in [1.82, 2.24) is 0 Å². The molecule has 1 aromatic rings. The fourth-order valence-corrected chi connectivity index (χ4v) is 1.57. The standard InChI is InChI=1S/C8H10O4S/c1-12-13(10,11)6-7-2-4-8(9)5-3-7/h2-5,9H,6H2,1H3. The van der Waals surface area contributed by atoms with Crippen LogP contribution in [0.15, 0.2) is 24.3 Å². The van der Waals surface area contributed by atoms with Gasteiger partial charge in [0.25, 0.3) is 10.1 Å². The van der Waals surface area contributed by atoms with E-state index in [0.29, 0.717) is 5.56 Å². The van der Waals surface area contributed by atoms with E-state index in [1.54, 1.807) is 0 Å². The summed E-state index contributed by atoms with van der Waals surface area (Å²) in [6.07, 6.45) is 0. The van der Waals surface area contributed by atoms with Gasteiger partial charge in [-0.15, -0.1) is 0 Å². The average Bonchev–Trinajstić information content (AvgIpc) is 2.09. The third kappa shape index (κ3) is 3.04. The largest absolute Gasteiger partial charge is 0.508 e. The average molecular weight is 202 g/mol. The highest BCUT2D eigenvalue weighted by molar-refractivity contribution is 7.85. The Morgan fingerprint density at radius 3 is 2.31 bits per heavy atom. The van der Waals surface area contributed by atoms with Gasteiger partial charge in [-0.2, -0.15) is 8.42 Å². The van der Waals surface area contributed by atoms with Crippen molar-refractivity contribution in [2.45, 2.75) is 5.75 Å². The van der Waals surface area contributed by atoms with E-state index in [2.05, 4.69) is 4.18 Å². The van der Waals surface area contributed by atoms with Gasteiger partial charge in [0, 0.05) is 0 Å². The van der Waals surface area contributed by atoms with E-state index in [9.17, 15) is 8.42 Å². The Kier molecular flexibility index (Phi) is 2.90. The molecule has 0 aliphatic rings. The van der Waals surface area contributed by atoms with Crippen LogP contribution in [-0.4, -0.2) is 20.6 Å². The SMILES string of the molecule is COS(=O)(=O)Cc1ccc(O)cc1. The molecule has 1 rings (SSSR count). The summed E-state index contributed by atoms with van der Waals surface area (Å²) in [6, 6.07) is 5.93. The summed E-state index contributed by atoms with van der Waals surface area (Å²) < 4.78 is 26.2. The lowest BCUT2D eigenvalue weighted by Gasteiger charge is -2.01. The predicted octanol–water partition coefficient (Wildman–Crippen LogP) is 0.868. The van der Waals surface area contributed by atoms with E-state index in [0.717, 1.165) is 7.11 Å². The van der Waals surface area contributed by atoms with Crippen molar-refractivity contribution in [2.24, 2.45) is 0 Å². The number of phenolic OH excluding ortho intramolecular Hbond substituents is 1. The molecule has 0 spiro atoms. The normalized spacial score (nSPS) is 11.5. The second kappa shape index (κ2) is 3.76. The van der Waals surface area contributed by atoms with E-state index in [-0.39, 0.29) is 11.5 Å². The van der Waals surface area contributed by atoms with Crippen LogP contribution in [-0.2, 0) is 20.1 Å². The molecule has 0 aliphatic heterocycles. The van der Waals surface area contributed by atoms with Crippen LogP contribution in [0.3, 0.4) is 0 Å². The van der Waals surface area contributed by atoms with Gasteiger partial charge in [-0.05, 0) is 17.7 Å². The molecule has 0 radical (unpaired) electrons. The minimum atomic E-state index is -3.47. The molecular formula is C8H10O4S. The maximum Gasteiger partial charge on any atom is 0.271 e. The molecule has 0 heterocycles. The Morgan fingerprint density at radius 1 is 1.31 bits per heavy atom. The van der Waals surface area contributed by atoms with E-state index in [1.165, 1.54) is 24.3 Å². The van der Waals surface area contributed by atoms with Crippen LogP contribution in [0.1, 0.15) is 5.56 Å². The summed E-state index contributed by atoms with van der Waals surface area (Å²) in [6.45, 7) is 0. The fourth-order valence-electron chi connectivity index (χ4n) is 0.855. The quantitative estimate of drug-likeness (QED) is 0.738. The summed E-state index contributed by atoms with van der Waals surface area (Å²) in [4.78, 5) is 0. The summed E-state index contributed by atoms with van der Waals surface area (Å²) >= 11 is 0. The number of rotatable bonds is 3. The molecule has 13 heavy (non-hydrogen) atoms. The number of aromatic hydroxyl groups is 1. The molecule has 5 heteroatoms. The molecular weight excluding hydrogens is 192 g/mol. The lowest BCUT2D eigenvalue weighted by molar-refractivity contribution is 0.397. The first-order valence-electron chi connectivity index (χ1n) is 3.60. The van der Waals surface area contributed by atoms with E-state index < -0.39 is 10.1 Å². The van der Waals surface area contributed by atoms with Crippen molar-refractivity contribution < 1.29 is 17.7 Å². The number of benzene rings is 1. The third-order valence-corrected chi connectivity index (χ3v) is 2.73. The first-order chi connectivity index (χ1) is 6.03. The van der Waals surface area contributed by atoms with E-state index >= 15 is 0 Å². The van der Waals surface area contributed by atoms with Gasteiger partial charge in [0.2, 0.25) is 0 Å². The molecule has 0 fully saturated rings.